The molecule has 1 unspecified atom stereocenters. The maximum absolute atomic E-state index is 5.36. The highest BCUT2D eigenvalue weighted by Gasteiger charge is 2.11. The highest BCUT2D eigenvalue weighted by Crippen LogP contribution is 2.27. The lowest BCUT2D eigenvalue weighted by Crippen LogP contribution is -2.44. The number of hydrogen-bond acceptors (Lipinski definition) is 4. The molecule has 6 nitrogen and oxygen atoms in total. The molecule has 2 rings (SSSR count). The molecule has 0 bridgehead atoms. The number of nitrogens with zero attached hydrogens (tertiary/aromatic N) is 2. The third-order valence-corrected chi connectivity index (χ3v) is 4.72. The van der Waals surface area contributed by atoms with Crippen LogP contribution in [0, 0.1) is 0 Å². The van der Waals surface area contributed by atoms with Gasteiger partial charge in [0.25, 0.3) is 0 Å². The average Bonchev–Trinajstić information content (AvgIpc) is 2.74. The Hall–Kier alpha value is -2.73. The molecule has 0 aliphatic carbocycles. The Balaban J connectivity index is 1.82. The van der Waals surface area contributed by atoms with Crippen molar-refractivity contribution in [3.8, 4) is 11.5 Å². The van der Waals surface area contributed by atoms with Crippen molar-refractivity contribution < 1.29 is 9.47 Å². The lowest BCUT2D eigenvalue weighted by molar-refractivity contribution is 0.249. The molecule has 0 saturated heterocycles. The van der Waals surface area contributed by atoms with Crippen molar-refractivity contribution in [3.63, 3.8) is 0 Å². The zero-order valence-corrected chi connectivity index (χ0v) is 17.5. The van der Waals surface area contributed by atoms with Crippen molar-refractivity contribution in [2.45, 2.75) is 26.1 Å². The molecule has 0 aliphatic rings. The van der Waals surface area contributed by atoms with Gasteiger partial charge in [0.2, 0.25) is 0 Å². The van der Waals surface area contributed by atoms with E-state index in [9.17, 15) is 0 Å². The summed E-state index contributed by atoms with van der Waals surface area (Å²) in [5.74, 6) is 2.22. The van der Waals surface area contributed by atoms with Gasteiger partial charge in [-0.1, -0.05) is 36.4 Å². The van der Waals surface area contributed by atoms with Crippen molar-refractivity contribution in [3.05, 3.63) is 59.7 Å². The van der Waals surface area contributed by atoms with Gasteiger partial charge in [0.05, 0.1) is 14.2 Å². The van der Waals surface area contributed by atoms with E-state index in [1.165, 1.54) is 5.56 Å². The molecule has 0 saturated carbocycles. The van der Waals surface area contributed by atoms with Crippen molar-refractivity contribution in [1.29, 1.82) is 0 Å². The number of methoxy groups -OCH3 is 2. The third kappa shape index (κ3) is 6.46. The van der Waals surface area contributed by atoms with Gasteiger partial charge in [0.15, 0.2) is 17.5 Å². The molecular weight excluding hydrogens is 352 g/mol. The monoisotopic (exact) mass is 384 g/mol. The Morgan fingerprint density at radius 3 is 2.36 bits per heavy atom. The fraction of sp³-hybridized carbons (Fsp3) is 0.409. The molecule has 0 fully saturated rings. The van der Waals surface area contributed by atoms with Crippen LogP contribution in [0.5, 0.6) is 11.5 Å². The molecule has 2 aromatic rings. The van der Waals surface area contributed by atoms with Crippen LogP contribution >= 0.6 is 0 Å². The second-order valence-corrected chi connectivity index (χ2v) is 6.75. The Bertz CT molecular complexity index is 749. The van der Waals surface area contributed by atoms with E-state index in [0.717, 1.165) is 36.1 Å². The summed E-state index contributed by atoms with van der Waals surface area (Å²) < 4.78 is 10.6. The number of nitrogens with one attached hydrogen (secondary N) is 2. The van der Waals surface area contributed by atoms with Gasteiger partial charge < -0.3 is 20.1 Å². The summed E-state index contributed by atoms with van der Waals surface area (Å²) in [5.41, 5.74) is 2.41. The van der Waals surface area contributed by atoms with Crippen LogP contribution in [0.3, 0.4) is 0 Å². The molecule has 28 heavy (non-hydrogen) atoms. The number of benzene rings is 2. The highest BCUT2D eigenvalue weighted by atomic mass is 16.5. The predicted molar refractivity (Wildman–Crippen MR) is 115 cm³/mol. The van der Waals surface area contributed by atoms with E-state index in [-0.39, 0.29) is 0 Å². The van der Waals surface area contributed by atoms with E-state index in [1.807, 2.05) is 24.3 Å². The van der Waals surface area contributed by atoms with Crippen molar-refractivity contribution in [2.75, 3.05) is 34.9 Å². The van der Waals surface area contributed by atoms with Crippen molar-refractivity contribution in [2.24, 2.45) is 4.99 Å². The van der Waals surface area contributed by atoms with E-state index < -0.39 is 0 Å². The molecule has 2 aromatic carbocycles. The zero-order chi connectivity index (χ0) is 20.4. The Morgan fingerprint density at radius 1 is 1.00 bits per heavy atom. The number of aliphatic imine (C=N–C) groups is 1. The first kappa shape index (κ1) is 21.6. The van der Waals surface area contributed by atoms with E-state index in [4.69, 9.17) is 9.47 Å². The topological polar surface area (TPSA) is 58.1 Å². The standard InChI is InChI=1S/C22H32N4O2/c1-17(26(3)16-18-9-7-6-8-10-18)14-24-22(23-2)25-15-19-11-12-20(27-4)21(13-19)28-5/h6-13,17H,14-16H2,1-5H3,(H2,23,24,25). The number of ether oxygens (including phenoxy) is 2. The van der Waals surface area contributed by atoms with Crippen LogP contribution in [-0.4, -0.2) is 51.8 Å². The fourth-order valence-electron chi connectivity index (χ4n) is 2.82. The Morgan fingerprint density at radius 2 is 1.71 bits per heavy atom. The lowest BCUT2D eigenvalue weighted by atomic mass is 10.2. The van der Waals surface area contributed by atoms with Crippen LogP contribution in [0.4, 0.5) is 0 Å². The number of hydrogen-bond donors (Lipinski definition) is 2. The van der Waals surface area contributed by atoms with Crippen LogP contribution in [0.1, 0.15) is 18.1 Å². The maximum Gasteiger partial charge on any atom is 0.191 e. The van der Waals surface area contributed by atoms with Gasteiger partial charge in [-0.05, 0) is 37.2 Å². The summed E-state index contributed by atoms with van der Waals surface area (Å²) >= 11 is 0. The summed E-state index contributed by atoms with van der Waals surface area (Å²) in [6.07, 6.45) is 0. The van der Waals surface area contributed by atoms with Crippen LogP contribution in [0.15, 0.2) is 53.5 Å². The first-order valence-electron chi connectivity index (χ1n) is 9.47. The van der Waals surface area contributed by atoms with Gasteiger partial charge in [0, 0.05) is 32.7 Å². The van der Waals surface area contributed by atoms with Crippen LogP contribution in [-0.2, 0) is 13.1 Å². The minimum absolute atomic E-state index is 0.361. The molecule has 0 aromatic heterocycles. The van der Waals surface area contributed by atoms with Crippen LogP contribution in [0.25, 0.3) is 0 Å². The molecule has 1 atom stereocenters. The van der Waals surface area contributed by atoms with Crippen LogP contribution in [0.2, 0.25) is 0 Å². The fourth-order valence-corrected chi connectivity index (χ4v) is 2.82. The number of likely N-dealkylation sites (N-methyl/N-ethyl adjacent to an activating group) is 1. The Labute approximate surface area is 168 Å². The zero-order valence-electron chi connectivity index (χ0n) is 17.5. The largest absolute Gasteiger partial charge is 0.493 e. The normalized spacial score (nSPS) is 12.6. The van der Waals surface area contributed by atoms with Crippen LogP contribution < -0.4 is 20.1 Å². The summed E-state index contributed by atoms with van der Waals surface area (Å²) in [7, 11) is 7.20. The molecular formula is C22H32N4O2. The van der Waals surface area contributed by atoms with E-state index in [1.54, 1.807) is 21.3 Å². The van der Waals surface area contributed by atoms with Gasteiger partial charge in [0.1, 0.15) is 0 Å². The van der Waals surface area contributed by atoms with Gasteiger partial charge in [-0.15, -0.1) is 0 Å². The van der Waals surface area contributed by atoms with Gasteiger partial charge in [-0.3, -0.25) is 9.89 Å². The molecule has 0 amide bonds. The van der Waals surface area contributed by atoms with E-state index in [0.29, 0.717) is 12.6 Å². The maximum atomic E-state index is 5.36. The number of guanidine groups is 1. The highest BCUT2D eigenvalue weighted by molar-refractivity contribution is 5.79. The van der Waals surface area contributed by atoms with Gasteiger partial charge in [-0.2, -0.15) is 0 Å². The first-order valence-corrected chi connectivity index (χ1v) is 9.47. The molecule has 2 N–H and O–H groups in total. The average molecular weight is 385 g/mol. The lowest BCUT2D eigenvalue weighted by Gasteiger charge is -2.26. The molecule has 6 heteroatoms. The Kier molecular flexibility index (Phi) is 8.62. The second-order valence-electron chi connectivity index (χ2n) is 6.75. The second kappa shape index (κ2) is 11.2. The third-order valence-electron chi connectivity index (χ3n) is 4.72. The quantitative estimate of drug-likeness (QED) is 0.514. The minimum atomic E-state index is 0.361. The predicted octanol–water partition coefficient (Wildman–Crippen LogP) is 2.89. The summed E-state index contributed by atoms with van der Waals surface area (Å²) in [6.45, 7) is 4.57. The molecule has 0 heterocycles. The van der Waals surface area contributed by atoms with Crippen molar-refractivity contribution >= 4 is 5.96 Å². The first-order chi connectivity index (χ1) is 13.6. The van der Waals surface area contributed by atoms with Gasteiger partial charge in [-0.25, -0.2) is 0 Å². The van der Waals surface area contributed by atoms with Gasteiger partial charge >= 0.3 is 0 Å². The molecule has 0 spiro atoms. The summed E-state index contributed by atoms with van der Waals surface area (Å²) in [4.78, 5) is 6.64. The smallest absolute Gasteiger partial charge is 0.191 e. The SMILES string of the molecule is CN=C(NCc1ccc(OC)c(OC)c1)NCC(C)N(C)Cc1ccccc1. The van der Waals surface area contributed by atoms with E-state index in [2.05, 4.69) is 58.8 Å². The summed E-state index contributed by atoms with van der Waals surface area (Å²) in [6, 6.07) is 16.8. The number of rotatable bonds is 9. The summed E-state index contributed by atoms with van der Waals surface area (Å²) in [5, 5.41) is 6.74. The molecule has 0 aliphatic heterocycles. The van der Waals surface area contributed by atoms with E-state index >= 15 is 0 Å². The van der Waals surface area contributed by atoms with Crippen molar-refractivity contribution in [1.82, 2.24) is 15.5 Å². The molecule has 0 radical (unpaired) electrons. The molecule has 152 valence electrons. The minimum Gasteiger partial charge on any atom is -0.493 e.